The molecular formula is C28H44. The van der Waals surface area contributed by atoms with Gasteiger partial charge in [0.05, 0.1) is 0 Å². The van der Waals surface area contributed by atoms with Crippen LogP contribution < -0.4 is 0 Å². The molecule has 4 saturated carbocycles. The molecule has 0 heterocycles. The van der Waals surface area contributed by atoms with Crippen LogP contribution in [0.3, 0.4) is 0 Å². The summed E-state index contributed by atoms with van der Waals surface area (Å²) in [4.78, 5) is 0. The largest absolute Gasteiger partial charge is 0.0998 e. The highest BCUT2D eigenvalue weighted by molar-refractivity contribution is 5.31. The van der Waals surface area contributed by atoms with Gasteiger partial charge in [0.25, 0.3) is 0 Å². The summed E-state index contributed by atoms with van der Waals surface area (Å²) >= 11 is 0. The van der Waals surface area contributed by atoms with E-state index >= 15 is 0 Å². The van der Waals surface area contributed by atoms with Crippen LogP contribution in [0.4, 0.5) is 0 Å². The molecule has 156 valence electrons. The zero-order valence-electron chi connectivity index (χ0n) is 19.2. The van der Waals surface area contributed by atoms with Gasteiger partial charge in [-0.3, -0.25) is 0 Å². The molecule has 0 saturated heterocycles. The first-order valence-electron chi connectivity index (χ1n) is 12.4. The smallest absolute Gasteiger partial charge is 0.00596 e. The Morgan fingerprint density at radius 3 is 2.36 bits per heavy atom. The van der Waals surface area contributed by atoms with Crippen molar-refractivity contribution >= 4 is 0 Å². The average molecular weight is 381 g/mol. The first-order valence-corrected chi connectivity index (χ1v) is 12.4. The number of hydrogen-bond acceptors (Lipinski definition) is 0. The third-order valence-electron chi connectivity index (χ3n) is 9.91. The van der Waals surface area contributed by atoms with Crippen LogP contribution in [-0.2, 0) is 0 Å². The molecule has 4 fully saturated rings. The minimum absolute atomic E-state index is 0.487. The average Bonchev–Trinajstić information content (AvgIpc) is 2.99. The molecule has 28 heavy (non-hydrogen) atoms. The van der Waals surface area contributed by atoms with Crippen molar-refractivity contribution in [2.75, 3.05) is 0 Å². The molecule has 0 amide bonds. The van der Waals surface area contributed by atoms with E-state index in [9.17, 15) is 0 Å². The second-order valence-corrected chi connectivity index (χ2v) is 11.2. The molecule has 0 spiro atoms. The molecule has 0 nitrogen and oxygen atoms in total. The fraction of sp³-hybridized carbons (Fsp3) is 0.786. The standard InChI is InChI=1S/C28H44/c1-7-13-27-16-12-25-23(24(27)10-9-21(27)6)18-22(19(3)4)26-17-20(5)11-15-28(25,26)14-8-2/h23-26H,5-18H2,1-4H3. The van der Waals surface area contributed by atoms with Crippen LogP contribution in [0.5, 0.6) is 0 Å². The molecule has 0 bridgehead atoms. The van der Waals surface area contributed by atoms with Crippen molar-refractivity contribution in [2.24, 2.45) is 34.5 Å². The zero-order chi connectivity index (χ0) is 20.1. The van der Waals surface area contributed by atoms with Crippen LogP contribution in [0.15, 0.2) is 35.5 Å². The number of fused-ring (bicyclic) bond motifs is 5. The van der Waals surface area contributed by atoms with E-state index in [1.54, 1.807) is 11.1 Å². The summed E-state index contributed by atoms with van der Waals surface area (Å²) in [5.74, 6) is 3.57. The Morgan fingerprint density at radius 1 is 0.929 bits per heavy atom. The van der Waals surface area contributed by atoms with Gasteiger partial charge in [0.1, 0.15) is 0 Å². The van der Waals surface area contributed by atoms with Gasteiger partial charge in [-0.2, -0.15) is 0 Å². The van der Waals surface area contributed by atoms with Gasteiger partial charge in [0, 0.05) is 0 Å². The van der Waals surface area contributed by atoms with Crippen molar-refractivity contribution in [1.29, 1.82) is 0 Å². The zero-order valence-corrected chi connectivity index (χ0v) is 19.2. The van der Waals surface area contributed by atoms with Gasteiger partial charge in [-0.25, -0.2) is 0 Å². The summed E-state index contributed by atoms with van der Waals surface area (Å²) in [6.07, 6.45) is 16.5. The number of allylic oxidation sites excluding steroid dienone is 4. The van der Waals surface area contributed by atoms with E-state index in [1.165, 1.54) is 82.6 Å². The van der Waals surface area contributed by atoms with Crippen LogP contribution in [-0.4, -0.2) is 0 Å². The van der Waals surface area contributed by atoms with Gasteiger partial charge < -0.3 is 0 Å². The topological polar surface area (TPSA) is 0 Å². The van der Waals surface area contributed by atoms with Crippen LogP contribution in [0, 0.1) is 34.5 Å². The molecule has 0 aliphatic heterocycles. The maximum absolute atomic E-state index is 4.64. The minimum Gasteiger partial charge on any atom is -0.0998 e. The van der Waals surface area contributed by atoms with Crippen molar-refractivity contribution < 1.29 is 0 Å². The third-order valence-corrected chi connectivity index (χ3v) is 9.91. The fourth-order valence-electron chi connectivity index (χ4n) is 8.93. The summed E-state index contributed by atoms with van der Waals surface area (Å²) in [5.41, 5.74) is 7.68. The SMILES string of the molecule is C=C1CCC2(CCC)C(C1)C(=C(C)C)CC1C3CCC(=C)C3(CCC)CCC12. The first kappa shape index (κ1) is 20.5. The maximum atomic E-state index is 4.64. The third kappa shape index (κ3) is 2.84. The Balaban J connectivity index is 1.79. The normalized spacial score (nSPS) is 42.8. The molecule has 0 radical (unpaired) electrons. The molecule has 4 rings (SSSR count). The Kier molecular flexibility index (Phi) is 5.47. The van der Waals surface area contributed by atoms with Crippen LogP contribution in [0.2, 0.25) is 0 Å². The Labute approximate surface area is 175 Å². The summed E-state index contributed by atoms with van der Waals surface area (Å²) in [6.45, 7) is 18.7. The predicted molar refractivity (Wildman–Crippen MR) is 122 cm³/mol. The summed E-state index contributed by atoms with van der Waals surface area (Å²) < 4.78 is 0. The van der Waals surface area contributed by atoms with Crippen molar-refractivity contribution in [3.05, 3.63) is 35.5 Å². The van der Waals surface area contributed by atoms with Crippen molar-refractivity contribution in [1.82, 2.24) is 0 Å². The monoisotopic (exact) mass is 380 g/mol. The summed E-state index contributed by atoms with van der Waals surface area (Å²) in [5, 5.41) is 0. The Bertz CT molecular complexity index is 674. The molecule has 0 aromatic rings. The van der Waals surface area contributed by atoms with E-state index in [0.29, 0.717) is 10.8 Å². The Hall–Kier alpha value is -0.780. The van der Waals surface area contributed by atoms with Gasteiger partial charge in [-0.15, -0.1) is 0 Å². The maximum Gasteiger partial charge on any atom is -0.00596 e. The van der Waals surface area contributed by atoms with Gasteiger partial charge in [-0.05, 0) is 113 Å². The summed E-state index contributed by atoms with van der Waals surface area (Å²) in [6, 6.07) is 0. The summed E-state index contributed by atoms with van der Waals surface area (Å²) in [7, 11) is 0. The minimum atomic E-state index is 0.487. The lowest BCUT2D eigenvalue weighted by Gasteiger charge is -2.63. The van der Waals surface area contributed by atoms with E-state index in [4.69, 9.17) is 0 Å². The lowest BCUT2D eigenvalue weighted by atomic mass is 9.42. The van der Waals surface area contributed by atoms with Gasteiger partial charge in [-0.1, -0.05) is 62.1 Å². The molecule has 4 aliphatic rings. The molecule has 4 aliphatic carbocycles. The molecular weight excluding hydrogens is 336 g/mol. The van der Waals surface area contributed by atoms with E-state index in [0.717, 1.165) is 23.7 Å². The van der Waals surface area contributed by atoms with Crippen molar-refractivity contribution in [3.8, 4) is 0 Å². The fourth-order valence-corrected chi connectivity index (χ4v) is 8.93. The Morgan fingerprint density at radius 2 is 1.68 bits per heavy atom. The predicted octanol–water partition coefficient (Wildman–Crippen LogP) is 8.65. The van der Waals surface area contributed by atoms with Crippen LogP contribution >= 0.6 is 0 Å². The molecule has 0 aromatic heterocycles. The molecule has 6 unspecified atom stereocenters. The van der Waals surface area contributed by atoms with Gasteiger partial charge >= 0.3 is 0 Å². The van der Waals surface area contributed by atoms with E-state index in [1.807, 2.05) is 5.57 Å². The van der Waals surface area contributed by atoms with E-state index < -0.39 is 0 Å². The van der Waals surface area contributed by atoms with E-state index in [2.05, 4.69) is 40.9 Å². The van der Waals surface area contributed by atoms with Crippen molar-refractivity contribution in [3.63, 3.8) is 0 Å². The second kappa shape index (κ2) is 7.48. The highest BCUT2D eigenvalue weighted by Crippen LogP contribution is 2.70. The first-order chi connectivity index (χ1) is 13.4. The van der Waals surface area contributed by atoms with Gasteiger partial charge in [0.15, 0.2) is 0 Å². The van der Waals surface area contributed by atoms with Crippen LogP contribution in [0.1, 0.15) is 105 Å². The van der Waals surface area contributed by atoms with E-state index in [-0.39, 0.29) is 0 Å². The molecule has 0 N–H and O–H groups in total. The molecule has 0 heteroatoms. The lowest BCUT2D eigenvalue weighted by molar-refractivity contribution is -0.0881. The highest BCUT2D eigenvalue weighted by atomic mass is 14.7. The van der Waals surface area contributed by atoms with Gasteiger partial charge in [0.2, 0.25) is 0 Å². The number of hydrogen-bond donors (Lipinski definition) is 0. The van der Waals surface area contributed by atoms with Crippen molar-refractivity contribution in [2.45, 2.75) is 105 Å². The lowest BCUT2D eigenvalue weighted by Crippen LogP contribution is -2.54. The second-order valence-electron chi connectivity index (χ2n) is 11.2. The number of rotatable bonds is 4. The highest BCUT2D eigenvalue weighted by Gasteiger charge is 2.61. The molecule has 0 aromatic carbocycles. The quantitative estimate of drug-likeness (QED) is 0.428. The van der Waals surface area contributed by atoms with Crippen LogP contribution in [0.25, 0.3) is 0 Å². The molecule has 6 atom stereocenters.